The molecule has 0 heterocycles. The molecule has 0 fully saturated rings. The number of nitrogens with one attached hydrogen (secondary N) is 1. The minimum atomic E-state index is -1.43. The average Bonchev–Trinajstić information content (AvgIpc) is 1.84. The normalized spacial score (nSPS) is 12.1. The Morgan fingerprint density at radius 3 is 2.00 bits per heavy atom. The van der Waals surface area contributed by atoms with Crippen molar-refractivity contribution in [3.05, 3.63) is 11.6 Å². The molecule has 0 atom stereocenters. The molecular weight excluding hydrogens is 126 g/mol. The lowest BCUT2D eigenvalue weighted by Gasteiger charge is -1.97. The molecule has 0 aliphatic rings. The predicted octanol–water partition coefficient (Wildman–Crippen LogP) is -1.78. The Morgan fingerprint density at radius 2 is 1.89 bits per heavy atom. The van der Waals surface area contributed by atoms with Gasteiger partial charge in [-0.15, -0.1) is 0 Å². The van der Waals surface area contributed by atoms with Crippen molar-refractivity contribution in [2.24, 2.45) is 11.6 Å². The van der Waals surface area contributed by atoms with Crippen molar-refractivity contribution in [2.45, 2.75) is 0 Å². The van der Waals surface area contributed by atoms with Gasteiger partial charge in [-0.05, 0) is 0 Å². The smallest absolute Gasteiger partial charge is 0.357 e. The summed E-state index contributed by atoms with van der Waals surface area (Å²) in [7, 11) is 0. The third-order valence-corrected chi connectivity index (χ3v) is 0.622. The quantitative estimate of drug-likeness (QED) is 0.131. The zero-order valence-corrected chi connectivity index (χ0v) is 4.46. The molecule has 0 aromatic carbocycles. The summed E-state index contributed by atoms with van der Waals surface area (Å²) in [5, 5.41) is 16.5. The molecule has 0 radical (unpaired) electrons. The van der Waals surface area contributed by atoms with Crippen molar-refractivity contribution < 1.29 is 15.0 Å². The third-order valence-electron chi connectivity index (χ3n) is 0.622. The zero-order valence-electron chi connectivity index (χ0n) is 4.46. The summed E-state index contributed by atoms with van der Waals surface area (Å²) in [6.07, 6.45) is 0. The molecule has 0 saturated heterocycles. The Hall–Kier alpha value is -1.43. The van der Waals surface area contributed by atoms with E-state index in [1.807, 2.05) is 0 Å². The van der Waals surface area contributed by atoms with Gasteiger partial charge in [0.05, 0.1) is 0 Å². The van der Waals surface area contributed by atoms with Crippen molar-refractivity contribution in [1.82, 2.24) is 5.43 Å². The van der Waals surface area contributed by atoms with E-state index in [9.17, 15) is 4.79 Å². The number of nitrogens with two attached hydrogens (primary N) is 2. The lowest BCUT2D eigenvalue weighted by atomic mass is 10.5. The van der Waals surface area contributed by atoms with Gasteiger partial charge in [-0.2, -0.15) is 0 Å². The summed E-state index contributed by atoms with van der Waals surface area (Å²) in [5.74, 6) is 2.44. The van der Waals surface area contributed by atoms with Crippen LogP contribution < -0.4 is 17.0 Å². The Bertz CT molecular complexity index is 152. The molecule has 7 N–H and O–H groups in total. The first-order chi connectivity index (χ1) is 4.09. The van der Waals surface area contributed by atoms with E-state index in [1.54, 1.807) is 5.43 Å². The third kappa shape index (κ3) is 1.87. The van der Waals surface area contributed by atoms with E-state index >= 15 is 0 Å². The van der Waals surface area contributed by atoms with E-state index in [0.717, 1.165) is 0 Å². The summed E-state index contributed by atoms with van der Waals surface area (Å²) in [6, 6.07) is 0. The highest BCUT2D eigenvalue weighted by molar-refractivity contribution is 5.85. The lowest BCUT2D eigenvalue weighted by molar-refractivity contribution is -0.133. The summed E-state index contributed by atoms with van der Waals surface area (Å²) >= 11 is 0. The van der Waals surface area contributed by atoms with Gasteiger partial charge >= 0.3 is 5.97 Å². The number of carbonyl (C=O) groups is 1. The zero-order chi connectivity index (χ0) is 7.44. The SMILES string of the molecule is NN/C(O)=C(\N)C(=O)O. The van der Waals surface area contributed by atoms with Crippen LogP contribution in [-0.2, 0) is 4.79 Å². The maximum Gasteiger partial charge on any atom is 0.357 e. The van der Waals surface area contributed by atoms with Crippen molar-refractivity contribution in [2.75, 3.05) is 0 Å². The standard InChI is InChI=1S/C3H7N3O3/c4-1(3(8)9)2(7)6-5/h6-7H,4-5H2,(H,8,9)/b2-1+. The van der Waals surface area contributed by atoms with Crippen LogP contribution in [0.5, 0.6) is 0 Å². The monoisotopic (exact) mass is 133 g/mol. The number of hydrogen-bond donors (Lipinski definition) is 5. The lowest BCUT2D eigenvalue weighted by Crippen LogP contribution is -2.27. The molecule has 0 spiro atoms. The maximum absolute atomic E-state index is 9.86. The van der Waals surface area contributed by atoms with E-state index in [2.05, 4.69) is 5.84 Å². The number of carboxylic acid groups (broad SMARTS) is 1. The van der Waals surface area contributed by atoms with Gasteiger partial charge in [0.1, 0.15) is 0 Å². The van der Waals surface area contributed by atoms with Crippen LogP contribution in [-0.4, -0.2) is 16.2 Å². The second-order valence-electron chi connectivity index (χ2n) is 1.21. The molecule has 0 bridgehead atoms. The highest BCUT2D eigenvalue weighted by Gasteiger charge is 2.06. The van der Waals surface area contributed by atoms with Gasteiger partial charge < -0.3 is 15.9 Å². The second kappa shape index (κ2) is 2.78. The molecule has 52 valence electrons. The number of aliphatic hydroxyl groups is 1. The average molecular weight is 133 g/mol. The first kappa shape index (κ1) is 7.57. The molecule has 6 heteroatoms. The molecule has 0 amide bonds. The minimum Gasteiger partial charge on any atom is -0.492 e. The number of rotatable bonds is 2. The van der Waals surface area contributed by atoms with Crippen LogP contribution in [0.2, 0.25) is 0 Å². The molecule has 0 aliphatic carbocycles. The van der Waals surface area contributed by atoms with Gasteiger partial charge in [-0.3, -0.25) is 5.43 Å². The molecular formula is C3H7N3O3. The van der Waals surface area contributed by atoms with Crippen LogP contribution >= 0.6 is 0 Å². The van der Waals surface area contributed by atoms with Crippen molar-refractivity contribution >= 4 is 5.97 Å². The summed E-state index contributed by atoms with van der Waals surface area (Å²) in [6.45, 7) is 0. The van der Waals surface area contributed by atoms with Gasteiger partial charge in [0, 0.05) is 0 Å². The Morgan fingerprint density at radius 1 is 1.44 bits per heavy atom. The highest BCUT2D eigenvalue weighted by Crippen LogP contribution is 1.86. The van der Waals surface area contributed by atoms with E-state index < -0.39 is 17.5 Å². The Kier molecular flexibility index (Phi) is 2.33. The molecule has 0 saturated carbocycles. The highest BCUT2D eigenvalue weighted by atomic mass is 16.4. The van der Waals surface area contributed by atoms with Crippen LogP contribution in [0.15, 0.2) is 11.6 Å². The Balaban J connectivity index is 4.28. The van der Waals surface area contributed by atoms with Gasteiger partial charge in [0.2, 0.25) is 5.88 Å². The molecule has 0 rings (SSSR count). The molecule has 9 heavy (non-hydrogen) atoms. The topological polar surface area (TPSA) is 122 Å². The fourth-order valence-corrected chi connectivity index (χ4v) is 0.179. The van der Waals surface area contributed by atoms with E-state index in [1.165, 1.54) is 0 Å². The van der Waals surface area contributed by atoms with Crippen LogP contribution in [0, 0.1) is 0 Å². The number of hydrogen-bond acceptors (Lipinski definition) is 5. The summed E-state index contributed by atoms with van der Waals surface area (Å²) < 4.78 is 0. The number of hydrazine groups is 1. The maximum atomic E-state index is 9.86. The van der Waals surface area contributed by atoms with Crippen molar-refractivity contribution in [1.29, 1.82) is 0 Å². The van der Waals surface area contributed by atoms with Crippen LogP contribution in [0.4, 0.5) is 0 Å². The van der Waals surface area contributed by atoms with E-state index in [-0.39, 0.29) is 0 Å². The van der Waals surface area contributed by atoms with E-state index in [0.29, 0.717) is 0 Å². The number of aliphatic hydroxyl groups excluding tert-OH is 1. The summed E-state index contributed by atoms with van der Waals surface area (Å²) in [4.78, 5) is 9.86. The van der Waals surface area contributed by atoms with Gasteiger partial charge in [0.25, 0.3) is 0 Å². The molecule has 0 aliphatic heterocycles. The predicted molar refractivity (Wildman–Crippen MR) is 28.8 cm³/mol. The van der Waals surface area contributed by atoms with Gasteiger partial charge in [0.15, 0.2) is 5.70 Å². The van der Waals surface area contributed by atoms with Crippen molar-refractivity contribution in [3.63, 3.8) is 0 Å². The van der Waals surface area contributed by atoms with Crippen molar-refractivity contribution in [3.8, 4) is 0 Å². The van der Waals surface area contributed by atoms with Crippen LogP contribution in [0.1, 0.15) is 0 Å². The second-order valence-corrected chi connectivity index (χ2v) is 1.21. The minimum absolute atomic E-state index is 0.711. The number of carboxylic acids is 1. The first-order valence-electron chi connectivity index (χ1n) is 1.98. The molecule has 6 nitrogen and oxygen atoms in total. The van der Waals surface area contributed by atoms with E-state index in [4.69, 9.17) is 15.9 Å². The number of aliphatic carboxylic acids is 1. The first-order valence-corrected chi connectivity index (χ1v) is 1.98. The van der Waals surface area contributed by atoms with Gasteiger partial charge in [-0.25, -0.2) is 10.6 Å². The largest absolute Gasteiger partial charge is 0.492 e. The van der Waals surface area contributed by atoms with Gasteiger partial charge in [-0.1, -0.05) is 0 Å². The molecule has 0 aromatic rings. The fraction of sp³-hybridized carbons (Fsp3) is 0. The van der Waals surface area contributed by atoms with Crippen LogP contribution in [0.3, 0.4) is 0 Å². The molecule has 0 unspecified atom stereocenters. The molecule has 0 aromatic heterocycles. The Labute approximate surface area is 50.7 Å². The summed E-state index contributed by atoms with van der Waals surface area (Å²) in [5.41, 5.74) is 5.72. The van der Waals surface area contributed by atoms with Crippen LogP contribution in [0.25, 0.3) is 0 Å². The fourth-order valence-electron chi connectivity index (χ4n) is 0.179.